The Morgan fingerprint density at radius 2 is 1.83 bits per heavy atom. The van der Waals surface area contributed by atoms with E-state index in [1.807, 2.05) is 0 Å². The van der Waals surface area contributed by atoms with Crippen molar-refractivity contribution >= 4 is 79.0 Å². The van der Waals surface area contributed by atoms with Gasteiger partial charge in [0.2, 0.25) is 0 Å². The van der Waals surface area contributed by atoms with Crippen LogP contribution in [0.15, 0.2) is 30.3 Å². The first-order valence-corrected chi connectivity index (χ1v) is 8.88. The van der Waals surface area contributed by atoms with E-state index < -0.39 is 0 Å². The standard InChI is InChI=1S/C15H8Cl4N2O2S/c16-7-1-2-11(9(18)3-7)23-6-13(22)20-15-21-14-10(19)4-8(17)5-12(14)24-15/h1-5H,6H2,(H,20,21,22). The number of benzene rings is 2. The Morgan fingerprint density at radius 3 is 2.58 bits per heavy atom. The number of fused-ring (bicyclic) bond motifs is 1. The van der Waals surface area contributed by atoms with Gasteiger partial charge in [0.25, 0.3) is 5.91 Å². The molecule has 3 aromatic rings. The monoisotopic (exact) mass is 420 g/mol. The summed E-state index contributed by atoms with van der Waals surface area (Å²) in [5.41, 5.74) is 0.586. The highest BCUT2D eigenvalue weighted by Gasteiger charge is 2.12. The van der Waals surface area contributed by atoms with E-state index in [9.17, 15) is 4.79 Å². The quantitative estimate of drug-likeness (QED) is 0.568. The molecular weight excluding hydrogens is 414 g/mol. The van der Waals surface area contributed by atoms with Gasteiger partial charge in [-0.1, -0.05) is 57.7 Å². The summed E-state index contributed by atoms with van der Waals surface area (Å²) in [7, 11) is 0. The molecule has 9 heteroatoms. The van der Waals surface area contributed by atoms with E-state index in [0.717, 1.165) is 4.70 Å². The second kappa shape index (κ2) is 7.33. The fourth-order valence-electron chi connectivity index (χ4n) is 1.90. The van der Waals surface area contributed by atoms with E-state index in [0.29, 0.717) is 36.5 Å². The first kappa shape index (κ1) is 17.6. The van der Waals surface area contributed by atoms with E-state index in [1.54, 1.807) is 24.3 Å². The number of ether oxygens (including phenoxy) is 1. The van der Waals surface area contributed by atoms with Gasteiger partial charge in [-0.3, -0.25) is 10.1 Å². The van der Waals surface area contributed by atoms with Crippen LogP contribution in [0.3, 0.4) is 0 Å². The van der Waals surface area contributed by atoms with Gasteiger partial charge < -0.3 is 4.74 Å². The lowest BCUT2D eigenvalue weighted by molar-refractivity contribution is -0.118. The summed E-state index contributed by atoms with van der Waals surface area (Å²) < 4.78 is 6.15. The van der Waals surface area contributed by atoms with Gasteiger partial charge in [-0.25, -0.2) is 4.98 Å². The minimum absolute atomic E-state index is 0.217. The number of anilines is 1. The van der Waals surface area contributed by atoms with Gasteiger partial charge in [0.15, 0.2) is 11.7 Å². The molecule has 0 aliphatic carbocycles. The van der Waals surface area contributed by atoms with Gasteiger partial charge in [-0.2, -0.15) is 0 Å². The summed E-state index contributed by atoms with van der Waals surface area (Å²) in [6.07, 6.45) is 0. The fourth-order valence-corrected chi connectivity index (χ4v) is 3.97. The van der Waals surface area contributed by atoms with Gasteiger partial charge in [0.1, 0.15) is 11.3 Å². The lowest BCUT2D eigenvalue weighted by atomic mass is 10.3. The molecule has 1 N–H and O–H groups in total. The van der Waals surface area contributed by atoms with Crippen LogP contribution in [-0.2, 0) is 4.79 Å². The van der Waals surface area contributed by atoms with E-state index in [2.05, 4.69) is 10.3 Å². The molecule has 0 unspecified atom stereocenters. The van der Waals surface area contributed by atoms with Crippen LogP contribution in [-0.4, -0.2) is 17.5 Å². The number of nitrogens with one attached hydrogen (secondary N) is 1. The minimum atomic E-state index is -0.373. The van der Waals surface area contributed by atoms with Crippen LogP contribution in [0.2, 0.25) is 20.1 Å². The molecule has 1 amide bonds. The maximum atomic E-state index is 12.0. The summed E-state index contributed by atoms with van der Waals surface area (Å²) in [4.78, 5) is 16.3. The van der Waals surface area contributed by atoms with E-state index in [-0.39, 0.29) is 12.5 Å². The van der Waals surface area contributed by atoms with Crippen LogP contribution in [0.5, 0.6) is 5.75 Å². The molecule has 0 radical (unpaired) electrons. The van der Waals surface area contributed by atoms with Crippen molar-refractivity contribution in [1.82, 2.24) is 4.98 Å². The van der Waals surface area contributed by atoms with Crippen molar-refractivity contribution in [2.45, 2.75) is 0 Å². The Labute approximate surface area is 161 Å². The molecule has 124 valence electrons. The molecule has 0 bridgehead atoms. The number of carbonyl (C=O) groups excluding carboxylic acids is 1. The van der Waals surface area contributed by atoms with Crippen LogP contribution in [0.4, 0.5) is 5.13 Å². The number of hydrogen-bond acceptors (Lipinski definition) is 4. The van der Waals surface area contributed by atoms with Crippen LogP contribution >= 0.6 is 57.7 Å². The number of nitrogens with zero attached hydrogens (tertiary/aromatic N) is 1. The summed E-state index contributed by atoms with van der Waals surface area (Å²) in [6, 6.07) is 8.09. The smallest absolute Gasteiger partial charge is 0.264 e. The third-order valence-corrected chi connectivity index (χ3v) is 4.87. The second-order valence-corrected chi connectivity index (χ2v) is 7.38. The number of carbonyl (C=O) groups is 1. The van der Waals surface area contributed by atoms with Crippen molar-refractivity contribution < 1.29 is 9.53 Å². The van der Waals surface area contributed by atoms with Gasteiger partial charge in [-0.15, -0.1) is 0 Å². The number of halogens is 4. The van der Waals surface area contributed by atoms with Crippen molar-refractivity contribution in [1.29, 1.82) is 0 Å². The normalized spacial score (nSPS) is 10.8. The highest BCUT2D eigenvalue weighted by molar-refractivity contribution is 7.22. The molecule has 1 heterocycles. The highest BCUT2D eigenvalue weighted by atomic mass is 35.5. The van der Waals surface area contributed by atoms with E-state index in [1.165, 1.54) is 17.4 Å². The maximum Gasteiger partial charge on any atom is 0.264 e. The number of hydrogen-bond donors (Lipinski definition) is 1. The maximum absolute atomic E-state index is 12.0. The molecule has 0 aliphatic heterocycles. The largest absolute Gasteiger partial charge is 0.482 e. The molecule has 0 atom stereocenters. The van der Waals surface area contributed by atoms with Crippen LogP contribution in [0.25, 0.3) is 10.2 Å². The van der Waals surface area contributed by atoms with Crippen molar-refractivity contribution in [3.8, 4) is 5.75 Å². The fraction of sp³-hybridized carbons (Fsp3) is 0.0667. The Balaban J connectivity index is 1.67. The lowest BCUT2D eigenvalue weighted by Crippen LogP contribution is -2.20. The first-order valence-electron chi connectivity index (χ1n) is 6.55. The molecule has 0 spiro atoms. The Bertz CT molecular complexity index is 929. The second-order valence-electron chi connectivity index (χ2n) is 4.66. The molecule has 24 heavy (non-hydrogen) atoms. The molecule has 0 aliphatic rings. The molecule has 3 rings (SSSR count). The molecule has 4 nitrogen and oxygen atoms in total. The van der Waals surface area contributed by atoms with Crippen molar-refractivity contribution in [3.63, 3.8) is 0 Å². The molecule has 0 saturated carbocycles. The molecule has 2 aromatic carbocycles. The summed E-state index contributed by atoms with van der Waals surface area (Å²) in [5, 5.41) is 4.82. The van der Waals surface area contributed by atoms with Gasteiger partial charge >= 0.3 is 0 Å². The molecular formula is C15H8Cl4N2O2S. The SMILES string of the molecule is O=C(COc1ccc(Cl)cc1Cl)Nc1nc2c(Cl)cc(Cl)cc2s1. The predicted molar refractivity (Wildman–Crippen MR) is 100 cm³/mol. The number of rotatable bonds is 4. The zero-order valence-electron chi connectivity index (χ0n) is 11.8. The van der Waals surface area contributed by atoms with Crippen LogP contribution in [0.1, 0.15) is 0 Å². The van der Waals surface area contributed by atoms with Gasteiger partial charge in [0, 0.05) is 10.0 Å². The summed E-state index contributed by atoms with van der Waals surface area (Å²) in [6.45, 7) is -0.217. The van der Waals surface area contributed by atoms with Crippen molar-refractivity contribution in [2.75, 3.05) is 11.9 Å². The lowest BCUT2D eigenvalue weighted by Gasteiger charge is -2.07. The Morgan fingerprint density at radius 1 is 1.08 bits per heavy atom. The zero-order valence-corrected chi connectivity index (χ0v) is 15.6. The number of amides is 1. The van der Waals surface area contributed by atoms with Crippen molar-refractivity contribution in [3.05, 3.63) is 50.4 Å². The van der Waals surface area contributed by atoms with Gasteiger partial charge in [0.05, 0.1) is 14.7 Å². The van der Waals surface area contributed by atoms with Gasteiger partial charge in [-0.05, 0) is 30.3 Å². The van der Waals surface area contributed by atoms with Crippen LogP contribution in [0, 0.1) is 0 Å². The average Bonchev–Trinajstić information content (AvgIpc) is 2.89. The average molecular weight is 422 g/mol. The first-order chi connectivity index (χ1) is 11.4. The van der Waals surface area contributed by atoms with Crippen molar-refractivity contribution in [2.24, 2.45) is 0 Å². The summed E-state index contributed by atoms with van der Waals surface area (Å²) >= 11 is 25.1. The molecule has 0 fully saturated rings. The van der Waals surface area contributed by atoms with Crippen LogP contribution < -0.4 is 10.1 Å². The Kier molecular flexibility index (Phi) is 5.37. The predicted octanol–water partition coefficient (Wildman–Crippen LogP) is 5.93. The Hall–Kier alpha value is -1.24. The third kappa shape index (κ3) is 4.05. The molecule has 0 saturated heterocycles. The highest BCUT2D eigenvalue weighted by Crippen LogP contribution is 2.33. The molecule has 1 aromatic heterocycles. The third-order valence-electron chi connectivity index (χ3n) is 2.91. The number of aromatic nitrogens is 1. The van der Waals surface area contributed by atoms with E-state index >= 15 is 0 Å². The summed E-state index contributed by atoms with van der Waals surface area (Å²) in [5.74, 6) is -0.00219. The van der Waals surface area contributed by atoms with E-state index in [4.69, 9.17) is 51.1 Å². The number of thiazole rings is 1. The minimum Gasteiger partial charge on any atom is -0.482 e. The topological polar surface area (TPSA) is 51.2 Å². The zero-order chi connectivity index (χ0) is 17.3.